The minimum absolute atomic E-state index is 0.0869. The van der Waals surface area contributed by atoms with Crippen LogP contribution in [-0.2, 0) is 21.2 Å². The van der Waals surface area contributed by atoms with E-state index in [1.54, 1.807) is 11.3 Å². The Morgan fingerprint density at radius 3 is 2.62 bits per heavy atom. The second-order valence-electron chi connectivity index (χ2n) is 6.20. The summed E-state index contributed by atoms with van der Waals surface area (Å²) in [6.07, 6.45) is 0.678. The highest BCUT2D eigenvalue weighted by Crippen LogP contribution is 2.25. The predicted octanol–water partition coefficient (Wildman–Crippen LogP) is 1.97. The van der Waals surface area contributed by atoms with Crippen LogP contribution < -0.4 is 0 Å². The van der Waals surface area contributed by atoms with Crippen molar-refractivity contribution < 1.29 is 13.2 Å². The third-order valence-electron chi connectivity index (χ3n) is 4.37. The van der Waals surface area contributed by atoms with Gasteiger partial charge >= 0.3 is 0 Å². The van der Waals surface area contributed by atoms with Gasteiger partial charge in [0.2, 0.25) is 5.91 Å². The normalized spacial score (nSPS) is 24.4. The summed E-state index contributed by atoms with van der Waals surface area (Å²) in [6, 6.07) is 3.97. The summed E-state index contributed by atoms with van der Waals surface area (Å²) in [5.41, 5.74) is 0. The van der Waals surface area contributed by atoms with Gasteiger partial charge in [-0.05, 0) is 18.6 Å². The average molecular weight is 409 g/mol. The lowest BCUT2D eigenvalue weighted by molar-refractivity contribution is -0.130. The van der Waals surface area contributed by atoms with E-state index < -0.39 is 9.84 Å². The van der Waals surface area contributed by atoms with E-state index in [9.17, 15) is 13.2 Å². The molecule has 9 heteroatoms. The molecule has 0 aliphatic carbocycles. The molecule has 2 aliphatic rings. The number of carbonyl (C=O) groups is 1. The van der Waals surface area contributed by atoms with Crippen molar-refractivity contribution in [1.82, 2.24) is 9.80 Å². The SMILES string of the molecule is O=C(CSC1CCS(=O)(=O)C1)N1CCN(Cc2ccc(Cl)s2)CC1. The molecule has 1 aromatic rings. The molecule has 3 heterocycles. The van der Waals surface area contributed by atoms with Gasteiger partial charge in [-0.15, -0.1) is 23.1 Å². The molecule has 0 N–H and O–H groups in total. The van der Waals surface area contributed by atoms with Gasteiger partial charge in [-0.1, -0.05) is 11.6 Å². The van der Waals surface area contributed by atoms with Gasteiger partial charge in [-0.3, -0.25) is 9.69 Å². The molecule has 1 amide bonds. The van der Waals surface area contributed by atoms with E-state index in [0.717, 1.165) is 37.1 Å². The molecule has 2 saturated heterocycles. The highest BCUT2D eigenvalue weighted by Gasteiger charge is 2.29. The van der Waals surface area contributed by atoms with Crippen LogP contribution in [0.1, 0.15) is 11.3 Å². The lowest BCUT2D eigenvalue weighted by atomic mass is 10.3. The molecule has 3 rings (SSSR count). The molecule has 0 aromatic carbocycles. The topological polar surface area (TPSA) is 57.7 Å². The first-order valence-electron chi connectivity index (χ1n) is 7.98. The molecular formula is C15H21ClN2O3S3. The van der Waals surface area contributed by atoms with Crippen molar-refractivity contribution in [2.45, 2.75) is 18.2 Å². The number of halogens is 1. The fraction of sp³-hybridized carbons (Fsp3) is 0.667. The number of amides is 1. The maximum atomic E-state index is 12.3. The van der Waals surface area contributed by atoms with E-state index >= 15 is 0 Å². The van der Waals surface area contributed by atoms with Crippen LogP contribution >= 0.6 is 34.7 Å². The maximum Gasteiger partial charge on any atom is 0.232 e. The Labute approximate surface area is 156 Å². The second kappa shape index (κ2) is 7.95. The number of thioether (sulfide) groups is 1. The zero-order valence-electron chi connectivity index (χ0n) is 13.3. The van der Waals surface area contributed by atoms with Crippen LogP contribution in [-0.4, -0.2) is 72.8 Å². The van der Waals surface area contributed by atoms with E-state index in [-0.39, 0.29) is 22.7 Å². The molecule has 0 radical (unpaired) electrons. The summed E-state index contributed by atoms with van der Waals surface area (Å²) in [7, 11) is -2.86. The quantitative estimate of drug-likeness (QED) is 0.745. The van der Waals surface area contributed by atoms with Gasteiger partial charge in [0.25, 0.3) is 0 Å². The molecule has 0 bridgehead atoms. The number of hydrogen-bond acceptors (Lipinski definition) is 6. The number of carbonyl (C=O) groups excluding carboxylic acids is 1. The van der Waals surface area contributed by atoms with E-state index in [2.05, 4.69) is 11.0 Å². The van der Waals surface area contributed by atoms with Crippen LogP contribution in [0.15, 0.2) is 12.1 Å². The van der Waals surface area contributed by atoms with Gasteiger partial charge in [-0.25, -0.2) is 8.42 Å². The highest BCUT2D eigenvalue weighted by atomic mass is 35.5. The average Bonchev–Trinajstić information content (AvgIpc) is 3.10. The number of rotatable bonds is 5. The molecule has 1 aromatic heterocycles. The van der Waals surface area contributed by atoms with Crippen molar-refractivity contribution >= 4 is 50.4 Å². The van der Waals surface area contributed by atoms with Crippen LogP contribution in [0.25, 0.3) is 0 Å². The number of piperazine rings is 1. The van der Waals surface area contributed by atoms with Gasteiger partial charge in [0.1, 0.15) is 0 Å². The number of nitrogens with zero attached hydrogens (tertiary/aromatic N) is 2. The van der Waals surface area contributed by atoms with E-state index in [0.29, 0.717) is 12.2 Å². The van der Waals surface area contributed by atoms with E-state index in [4.69, 9.17) is 11.6 Å². The Hall–Kier alpha value is -0.280. The minimum atomic E-state index is -2.86. The second-order valence-corrected chi connectivity index (χ2v) is 11.5. The third-order valence-corrected chi connectivity index (χ3v) is 8.85. The molecule has 0 saturated carbocycles. The Kier molecular flexibility index (Phi) is 6.13. The van der Waals surface area contributed by atoms with Crippen LogP contribution in [0.5, 0.6) is 0 Å². The summed E-state index contributed by atoms with van der Waals surface area (Å²) >= 11 is 9.05. The summed E-state index contributed by atoms with van der Waals surface area (Å²) in [5, 5.41) is 0.0869. The van der Waals surface area contributed by atoms with Gasteiger partial charge in [-0.2, -0.15) is 0 Å². The molecule has 24 heavy (non-hydrogen) atoms. The van der Waals surface area contributed by atoms with Gasteiger partial charge in [0.05, 0.1) is 21.6 Å². The van der Waals surface area contributed by atoms with Crippen molar-refractivity contribution in [3.05, 3.63) is 21.3 Å². The highest BCUT2D eigenvalue weighted by molar-refractivity contribution is 8.02. The van der Waals surface area contributed by atoms with Crippen LogP contribution in [0.3, 0.4) is 0 Å². The van der Waals surface area contributed by atoms with Gasteiger partial charge in [0, 0.05) is 42.9 Å². The maximum absolute atomic E-state index is 12.3. The summed E-state index contributed by atoms with van der Waals surface area (Å²) < 4.78 is 23.7. The zero-order chi connectivity index (χ0) is 17.2. The van der Waals surface area contributed by atoms with Gasteiger partial charge in [0.15, 0.2) is 9.84 Å². The molecule has 134 valence electrons. The molecule has 5 nitrogen and oxygen atoms in total. The molecular weight excluding hydrogens is 388 g/mol. The Morgan fingerprint density at radius 1 is 1.29 bits per heavy atom. The lowest BCUT2D eigenvalue weighted by Crippen LogP contribution is -2.48. The monoisotopic (exact) mass is 408 g/mol. The molecule has 1 unspecified atom stereocenters. The van der Waals surface area contributed by atoms with Crippen molar-refractivity contribution in [2.75, 3.05) is 43.4 Å². The molecule has 2 aliphatic heterocycles. The van der Waals surface area contributed by atoms with Gasteiger partial charge < -0.3 is 4.90 Å². The molecule has 1 atom stereocenters. The Bertz CT molecular complexity index is 684. The first-order chi connectivity index (χ1) is 11.4. The van der Waals surface area contributed by atoms with Crippen molar-refractivity contribution in [2.24, 2.45) is 0 Å². The fourth-order valence-electron chi connectivity index (χ4n) is 2.99. The summed E-state index contributed by atoms with van der Waals surface area (Å²) in [6.45, 7) is 4.09. The van der Waals surface area contributed by atoms with Crippen molar-refractivity contribution in [1.29, 1.82) is 0 Å². The van der Waals surface area contributed by atoms with E-state index in [1.165, 1.54) is 16.6 Å². The minimum Gasteiger partial charge on any atom is -0.339 e. The smallest absolute Gasteiger partial charge is 0.232 e. The number of sulfone groups is 1. The first kappa shape index (κ1) is 18.5. The largest absolute Gasteiger partial charge is 0.339 e. The van der Waals surface area contributed by atoms with E-state index in [1.807, 2.05) is 11.0 Å². The van der Waals surface area contributed by atoms with Crippen LogP contribution in [0.2, 0.25) is 4.34 Å². The standard InChI is InChI=1S/C15H21ClN2O3S3/c16-14-2-1-12(23-14)9-17-4-6-18(7-5-17)15(19)10-22-13-3-8-24(20,21)11-13/h1-2,13H,3-11H2. The first-order valence-corrected chi connectivity index (χ1v) is 12.0. The molecule has 0 spiro atoms. The predicted molar refractivity (Wildman–Crippen MR) is 101 cm³/mol. The zero-order valence-corrected chi connectivity index (χ0v) is 16.5. The van der Waals surface area contributed by atoms with Crippen LogP contribution in [0, 0.1) is 0 Å². The third kappa shape index (κ3) is 5.11. The fourth-order valence-corrected chi connectivity index (χ4v) is 7.66. The Balaban J connectivity index is 1.39. The molecule has 2 fully saturated rings. The Morgan fingerprint density at radius 2 is 2.04 bits per heavy atom. The number of thiophene rings is 1. The van der Waals surface area contributed by atoms with Crippen molar-refractivity contribution in [3.63, 3.8) is 0 Å². The summed E-state index contributed by atoms with van der Waals surface area (Å²) in [4.78, 5) is 17.8. The number of hydrogen-bond donors (Lipinski definition) is 0. The van der Waals surface area contributed by atoms with Crippen molar-refractivity contribution in [3.8, 4) is 0 Å². The summed E-state index contributed by atoms with van der Waals surface area (Å²) in [5.74, 6) is 1.01. The lowest BCUT2D eigenvalue weighted by Gasteiger charge is -2.34. The van der Waals surface area contributed by atoms with Crippen LogP contribution in [0.4, 0.5) is 0 Å².